The Morgan fingerprint density at radius 3 is 2.00 bits per heavy atom. The first-order chi connectivity index (χ1) is 19.4. The molecule has 8 heteroatoms. The molecule has 0 saturated carbocycles. The Morgan fingerprint density at radius 1 is 0.878 bits per heavy atom. The maximum Gasteiger partial charge on any atom is 0.408 e. The van der Waals surface area contributed by atoms with Gasteiger partial charge in [0.25, 0.3) is 11.5 Å². The Kier molecular flexibility index (Phi) is 8.71. The molecule has 0 spiro atoms. The summed E-state index contributed by atoms with van der Waals surface area (Å²) >= 11 is 0. The molecule has 7 nitrogen and oxygen atoms in total. The number of aryl methyl sites for hydroxylation is 2. The molecule has 2 N–H and O–H groups in total. The van der Waals surface area contributed by atoms with E-state index in [-0.39, 0.29) is 11.2 Å². The minimum Gasteiger partial charge on any atom is -0.435 e. The van der Waals surface area contributed by atoms with Crippen molar-refractivity contribution in [3.05, 3.63) is 124 Å². The van der Waals surface area contributed by atoms with Gasteiger partial charge in [-0.15, -0.1) is 0 Å². The van der Waals surface area contributed by atoms with Gasteiger partial charge in [0.05, 0.1) is 5.92 Å². The second-order valence-corrected chi connectivity index (χ2v) is 11.0. The van der Waals surface area contributed by atoms with Crippen molar-refractivity contribution in [3.63, 3.8) is 0 Å². The Labute approximate surface area is 239 Å². The van der Waals surface area contributed by atoms with Crippen molar-refractivity contribution in [1.29, 1.82) is 0 Å². The largest absolute Gasteiger partial charge is 0.435 e. The first-order valence-corrected chi connectivity index (χ1v) is 13.3. The maximum absolute atomic E-state index is 15.3. The number of rotatable bonds is 7. The third-order valence-electron chi connectivity index (χ3n) is 6.55. The molecule has 0 fully saturated rings. The lowest BCUT2D eigenvalue weighted by Gasteiger charge is -2.29. The molecule has 0 radical (unpaired) electrons. The zero-order chi connectivity index (χ0) is 29.7. The lowest BCUT2D eigenvalue weighted by molar-refractivity contribution is -0.125. The summed E-state index contributed by atoms with van der Waals surface area (Å²) in [6.07, 6.45) is -0.451. The SMILES string of the molecule is Cc1cc(=O)n(C)cc1-c1ccc(NC(=O)[C@@H](OC(=O)NC(C)(C)C)C(c2ccccc2)c2ccccc2)cc1F. The van der Waals surface area contributed by atoms with Crippen LogP contribution in [0.5, 0.6) is 0 Å². The molecule has 3 aromatic carbocycles. The molecule has 4 rings (SSSR count). The quantitative estimate of drug-likeness (QED) is 0.286. The third-order valence-corrected chi connectivity index (χ3v) is 6.55. The molecule has 1 atom stereocenters. The van der Waals surface area contributed by atoms with E-state index in [1.807, 2.05) is 81.4 Å². The molecule has 0 aliphatic heterocycles. The summed E-state index contributed by atoms with van der Waals surface area (Å²) < 4.78 is 22.5. The molecule has 0 aliphatic carbocycles. The van der Waals surface area contributed by atoms with E-state index in [2.05, 4.69) is 10.6 Å². The van der Waals surface area contributed by atoms with Crippen molar-refractivity contribution >= 4 is 17.7 Å². The number of nitrogens with one attached hydrogen (secondary N) is 2. The molecule has 0 aliphatic rings. The number of hydrogen-bond acceptors (Lipinski definition) is 4. The lowest BCUT2D eigenvalue weighted by atomic mass is 9.86. The molecule has 0 saturated heterocycles. The van der Waals surface area contributed by atoms with Crippen LogP contribution >= 0.6 is 0 Å². The van der Waals surface area contributed by atoms with Gasteiger partial charge < -0.3 is 19.9 Å². The number of aromatic nitrogens is 1. The van der Waals surface area contributed by atoms with Crippen molar-refractivity contribution in [2.45, 2.75) is 45.3 Å². The van der Waals surface area contributed by atoms with Gasteiger partial charge in [-0.25, -0.2) is 9.18 Å². The number of benzene rings is 3. The van der Waals surface area contributed by atoms with Gasteiger partial charge in [0, 0.05) is 41.7 Å². The zero-order valence-corrected chi connectivity index (χ0v) is 23.8. The molecule has 2 amide bonds. The van der Waals surface area contributed by atoms with Crippen LogP contribution in [0.15, 0.2) is 95.9 Å². The molecule has 0 bridgehead atoms. The van der Waals surface area contributed by atoms with Crippen molar-refractivity contribution in [2.24, 2.45) is 7.05 Å². The first kappa shape index (κ1) is 29.3. The van der Waals surface area contributed by atoms with Crippen LogP contribution in [0.2, 0.25) is 0 Å². The Morgan fingerprint density at radius 2 is 1.46 bits per heavy atom. The Hall–Kier alpha value is -4.72. The predicted octanol–water partition coefficient (Wildman–Crippen LogP) is 6.16. The molecule has 1 heterocycles. The molecular weight excluding hydrogens is 521 g/mol. The van der Waals surface area contributed by atoms with Crippen LogP contribution in [0.25, 0.3) is 11.1 Å². The summed E-state index contributed by atoms with van der Waals surface area (Å²) in [5.74, 6) is -1.83. The zero-order valence-electron chi connectivity index (χ0n) is 23.8. The second-order valence-electron chi connectivity index (χ2n) is 11.0. The number of ether oxygens (including phenoxy) is 1. The van der Waals surface area contributed by atoms with Gasteiger partial charge in [-0.2, -0.15) is 0 Å². The highest BCUT2D eigenvalue weighted by Gasteiger charge is 2.35. The van der Waals surface area contributed by atoms with Gasteiger partial charge in [-0.05, 0) is 62.6 Å². The van der Waals surface area contributed by atoms with Gasteiger partial charge in [0.15, 0.2) is 6.10 Å². The van der Waals surface area contributed by atoms with E-state index in [9.17, 15) is 14.4 Å². The van der Waals surface area contributed by atoms with Crippen molar-refractivity contribution < 1.29 is 18.7 Å². The maximum atomic E-state index is 15.3. The van der Waals surface area contributed by atoms with Crippen molar-refractivity contribution in [2.75, 3.05) is 5.32 Å². The highest BCUT2D eigenvalue weighted by atomic mass is 19.1. The first-order valence-electron chi connectivity index (χ1n) is 13.3. The number of pyridine rings is 1. The predicted molar refractivity (Wildman–Crippen MR) is 158 cm³/mol. The van der Waals surface area contributed by atoms with Gasteiger partial charge in [0.1, 0.15) is 5.82 Å². The number of anilines is 1. The van der Waals surface area contributed by atoms with Crippen LogP contribution in [0.1, 0.15) is 43.4 Å². The van der Waals surface area contributed by atoms with Gasteiger partial charge in [-0.3, -0.25) is 9.59 Å². The number of hydrogen-bond donors (Lipinski definition) is 2. The second kappa shape index (κ2) is 12.2. The summed E-state index contributed by atoms with van der Waals surface area (Å²) in [6, 6.07) is 24.4. The molecule has 4 aromatic rings. The Bertz CT molecular complexity index is 1560. The highest BCUT2D eigenvalue weighted by molar-refractivity contribution is 5.96. The fourth-order valence-electron chi connectivity index (χ4n) is 4.62. The number of carbonyl (C=O) groups is 2. The van der Waals surface area contributed by atoms with Gasteiger partial charge in [-0.1, -0.05) is 60.7 Å². The normalized spacial score (nSPS) is 12.1. The average molecular weight is 556 g/mol. The van der Waals surface area contributed by atoms with E-state index in [0.717, 1.165) is 11.1 Å². The van der Waals surface area contributed by atoms with Crippen molar-refractivity contribution in [3.8, 4) is 11.1 Å². The summed E-state index contributed by atoms with van der Waals surface area (Å²) in [6.45, 7) is 7.17. The number of carbonyl (C=O) groups excluding carboxylic acids is 2. The fourth-order valence-corrected chi connectivity index (χ4v) is 4.62. The Balaban J connectivity index is 1.70. The number of nitrogens with zero attached hydrogens (tertiary/aromatic N) is 1. The van der Waals surface area contributed by atoms with Gasteiger partial charge >= 0.3 is 6.09 Å². The molecule has 0 unspecified atom stereocenters. The molecule has 1 aromatic heterocycles. The van der Waals surface area contributed by atoms with Crippen LogP contribution in [-0.4, -0.2) is 28.2 Å². The molecule has 212 valence electrons. The molecule has 41 heavy (non-hydrogen) atoms. The number of amides is 2. The van der Waals surface area contributed by atoms with Crippen LogP contribution in [-0.2, 0) is 16.6 Å². The van der Waals surface area contributed by atoms with E-state index in [1.54, 1.807) is 32.3 Å². The smallest absolute Gasteiger partial charge is 0.408 e. The van der Waals surface area contributed by atoms with Crippen LogP contribution < -0.4 is 16.2 Å². The van der Waals surface area contributed by atoms with E-state index in [4.69, 9.17) is 4.74 Å². The minimum absolute atomic E-state index is 0.191. The summed E-state index contributed by atoms with van der Waals surface area (Å²) in [7, 11) is 1.60. The topological polar surface area (TPSA) is 89.4 Å². The third kappa shape index (κ3) is 7.28. The van der Waals surface area contributed by atoms with E-state index >= 15 is 4.39 Å². The lowest BCUT2D eigenvalue weighted by Crippen LogP contribution is -2.46. The molecular formula is C33H34FN3O4. The summed E-state index contributed by atoms with van der Waals surface area (Å²) in [4.78, 5) is 38.7. The summed E-state index contributed by atoms with van der Waals surface area (Å²) in [5.41, 5.74) is 2.45. The van der Waals surface area contributed by atoms with Crippen molar-refractivity contribution in [1.82, 2.24) is 9.88 Å². The van der Waals surface area contributed by atoms with E-state index < -0.39 is 35.4 Å². The number of halogens is 1. The van der Waals surface area contributed by atoms with E-state index in [1.165, 1.54) is 16.7 Å². The number of alkyl carbamates (subject to hydrolysis) is 1. The monoisotopic (exact) mass is 555 g/mol. The fraction of sp³-hybridized carbons (Fsp3) is 0.242. The minimum atomic E-state index is -1.28. The van der Waals surface area contributed by atoms with Gasteiger partial charge in [0.2, 0.25) is 0 Å². The summed E-state index contributed by atoms with van der Waals surface area (Å²) in [5, 5.41) is 5.49. The average Bonchev–Trinajstić information content (AvgIpc) is 2.91. The van der Waals surface area contributed by atoms with Crippen LogP contribution in [0.4, 0.5) is 14.9 Å². The highest BCUT2D eigenvalue weighted by Crippen LogP contribution is 2.32. The van der Waals surface area contributed by atoms with Crippen LogP contribution in [0.3, 0.4) is 0 Å². The van der Waals surface area contributed by atoms with E-state index in [0.29, 0.717) is 16.7 Å². The standard InChI is InChI=1S/C33H34FN3O4/c1-21-18-28(38)37(5)20-26(21)25-17-16-24(19-27(25)34)35-31(39)30(41-32(40)36-33(2,3)4)29(22-12-8-6-9-13-22)23-14-10-7-11-15-23/h6-20,29-30H,1-5H3,(H,35,39)(H,36,40)/t30-/m0/s1. The van der Waals surface area contributed by atoms with Crippen LogP contribution in [0, 0.1) is 12.7 Å².